The van der Waals surface area contributed by atoms with Crippen molar-refractivity contribution in [3.8, 4) is 0 Å². The molecule has 2 rings (SSSR count). The summed E-state index contributed by atoms with van der Waals surface area (Å²) in [5.41, 5.74) is -0.0271. The predicted octanol–water partition coefficient (Wildman–Crippen LogP) is -0.145. The molecule has 0 aliphatic carbocycles. The molecule has 1 unspecified atom stereocenters. The number of aliphatic hydroxyl groups excluding tert-OH is 1. The van der Waals surface area contributed by atoms with Crippen LogP contribution in [0.1, 0.15) is 19.8 Å². The van der Waals surface area contributed by atoms with Gasteiger partial charge in [-0.3, -0.25) is 9.69 Å². The van der Waals surface area contributed by atoms with Gasteiger partial charge in [0.2, 0.25) is 5.91 Å². The summed E-state index contributed by atoms with van der Waals surface area (Å²) in [5, 5.41) is 9.45. The molecule has 5 heteroatoms. The van der Waals surface area contributed by atoms with Gasteiger partial charge in [0.15, 0.2) is 0 Å². The molecular formula is C14H27N3O2. The number of hydrogen-bond donors (Lipinski definition) is 1. The van der Waals surface area contributed by atoms with E-state index in [4.69, 9.17) is 0 Å². The van der Waals surface area contributed by atoms with Crippen molar-refractivity contribution in [1.82, 2.24) is 14.7 Å². The molecule has 1 N–H and O–H groups in total. The highest BCUT2D eigenvalue weighted by atomic mass is 16.3. The molecule has 0 spiro atoms. The molecule has 0 bridgehead atoms. The van der Waals surface area contributed by atoms with E-state index in [9.17, 15) is 9.90 Å². The number of amides is 1. The van der Waals surface area contributed by atoms with Gasteiger partial charge in [0.1, 0.15) is 0 Å². The van der Waals surface area contributed by atoms with Crippen molar-refractivity contribution in [2.75, 3.05) is 59.5 Å². The molecule has 110 valence electrons. The number of piperidine rings is 1. The van der Waals surface area contributed by atoms with E-state index >= 15 is 0 Å². The second kappa shape index (κ2) is 6.20. The number of likely N-dealkylation sites (N-methyl/N-ethyl adjacent to an activating group) is 1. The molecule has 0 radical (unpaired) electrons. The van der Waals surface area contributed by atoms with E-state index < -0.39 is 0 Å². The second-order valence-electron chi connectivity index (χ2n) is 6.47. The Kier molecular flexibility index (Phi) is 4.81. The zero-order valence-electron chi connectivity index (χ0n) is 12.3. The maximum atomic E-state index is 12.3. The van der Waals surface area contributed by atoms with Crippen molar-refractivity contribution < 1.29 is 9.90 Å². The van der Waals surface area contributed by atoms with E-state index in [2.05, 4.69) is 23.8 Å². The third kappa shape index (κ3) is 3.91. The average Bonchev–Trinajstić information content (AvgIpc) is 2.39. The van der Waals surface area contributed by atoms with Crippen LogP contribution >= 0.6 is 0 Å². The Labute approximate surface area is 116 Å². The third-order valence-corrected chi connectivity index (χ3v) is 4.46. The Morgan fingerprint density at radius 2 is 1.89 bits per heavy atom. The van der Waals surface area contributed by atoms with E-state index in [1.54, 1.807) is 0 Å². The zero-order valence-corrected chi connectivity index (χ0v) is 12.3. The lowest BCUT2D eigenvalue weighted by Crippen LogP contribution is -2.52. The Bertz CT molecular complexity index is 316. The molecule has 2 aliphatic rings. The van der Waals surface area contributed by atoms with Gasteiger partial charge in [-0.2, -0.15) is 0 Å². The first-order chi connectivity index (χ1) is 9.02. The first kappa shape index (κ1) is 14.8. The first-order valence-electron chi connectivity index (χ1n) is 7.32. The number of rotatable bonds is 3. The molecule has 2 saturated heterocycles. The number of piperazine rings is 1. The number of likely N-dealkylation sites (tertiary alicyclic amines) is 1. The van der Waals surface area contributed by atoms with Gasteiger partial charge in [-0.05, 0) is 26.4 Å². The molecule has 19 heavy (non-hydrogen) atoms. The van der Waals surface area contributed by atoms with Crippen molar-refractivity contribution in [3.63, 3.8) is 0 Å². The fraction of sp³-hybridized carbons (Fsp3) is 0.929. The zero-order chi connectivity index (χ0) is 13.9. The quantitative estimate of drug-likeness (QED) is 0.774. The van der Waals surface area contributed by atoms with Gasteiger partial charge in [0.05, 0.1) is 6.54 Å². The minimum absolute atomic E-state index is 0.0271. The van der Waals surface area contributed by atoms with Crippen molar-refractivity contribution in [2.45, 2.75) is 19.8 Å². The van der Waals surface area contributed by atoms with Crippen molar-refractivity contribution >= 4 is 5.91 Å². The van der Waals surface area contributed by atoms with Crippen LogP contribution in [0, 0.1) is 5.41 Å². The number of hydrogen-bond acceptors (Lipinski definition) is 4. The van der Waals surface area contributed by atoms with Crippen molar-refractivity contribution in [3.05, 3.63) is 0 Å². The van der Waals surface area contributed by atoms with Gasteiger partial charge in [-0.1, -0.05) is 6.92 Å². The summed E-state index contributed by atoms with van der Waals surface area (Å²) in [6, 6.07) is 0. The lowest BCUT2D eigenvalue weighted by atomic mass is 9.83. The molecule has 0 saturated carbocycles. The summed E-state index contributed by atoms with van der Waals surface area (Å²) in [5.74, 6) is 0.246. The SMILES string of the molecule is CN1CCN(C(=O)CN2CCCC(C)(CO)C2)CC1. The molecular weight excluding hydrogens is 242 g/mol. The normalized spacial score (nSPS) is 30.6. The fourth-order valence-corrected chi connectivity index (χ4v) is 3.04. The average molecular weight is 269 g/mol. The summed E-state index contributed by atoms with van der Waals surface area (Å²) in [4.78, 5) is 18.7. The van der Waals surface area contributed by atoms with E-state index in [1.807, 2.05) is 4.90 Å². The van der Waals surface area contributed by atoms with Crippen LogP contribution < -0.4 is 0 Å². The number of carbonyl (C=O) groups is 1. The van der Waals surface area contributed by atoms with E-state index in [-0.39, 0.29) is 17.9 Å². The topological polar surface area (TPSA) is 47.0 Å². The van der Waals surface area contributed by atoms with Crippen LogP contribution in [0.25, 0.3) is 0 Å². The third-order valence-electron chi connectivity index (χ3n) is 4.46. The smallest absolute Gasteiger partial charge is 0.236 e. The fourth-order valence-electron chi connectivity index (χ4n) is 3.04. The molecule has 2 heterocycles. The van der Waals surface area contributed by atoms with Gasteiger partial charge in [0, 0.05) is 44.7 Å². The highest BCUT2D eigenvalue weighted by Gasteiger charge is 2.32. The summed E-state index contributed by atoms with van der Waals surface area (Å²) >= 11 is 0. The van der Waals surface area contributed by atoms with Crippen LogP contribution in [0.15, 0.2) is 0 Å². The van der Waals surface area contributed by atoms with Crippen LogP contribution in [0.5, 0.6) is 0 Å². The lowest BCUT2D eigenvalue weighted by Gasteiger charge is -2.40. The molecule has 5 nitrogen and oxygen atoms in total. The van der Waals surface area contributed by atoms with Crippen molar-refractivity contribution in [2.24, 2.45) is 5.41 Å². The molecule has 2 fully saturated rings. The lowest BCUT2D eigenvalue weighted by molar-refractivity contribution is -0.135. The van der Waals surface area contributed by atoms with Crippen LogP contribution in [0.3, 0.4) is 0 Å². The van der Waals surface area contributed by atoms with E-state index in [1.165, 1.54) is 0 Å². The standard InChI is InChI=1S/C14H27N3O2/c1-14(12-18)4-3-5-16(11-14)10-13(19)17-8-6-15(2)7-9-17/h18H,3-12H2,1-2H3. The molecule has 2 aliphatic heterocycles. The highest BCUT2D eigenvalue weighted by molar-refractivity contribution is 5.78. The largest absolute Gasteiger partial charge is 0.396 e. The van der Waals surface area contributed by atoms with Crippen LogP contribution in [0.4, 0.5) is 0 Å². The highest BCUT2D eigenvalue weighted by Crippen LogP contribution is 2.28. The molecule has 0 aromatic carbocycles. The number of aliphatic hydroxyl groups is 1. The Balaban J connectivity index is 1.82. The monoisotopic (exact) mass is 269 g/mol. The van der Waals surface area contributed by atoms with Crippen LogP contribution in [-0.2, 0) is 4.79 Å². The maximum absolute atomic E-state index is 12.3. The van der Waals surface area contributed by atoms with Gasteiger partial charge >= 0.3 is 0 Å². The number of carbonyl (C=O) groups excluding carboxylic acids is 1. The van der Waals surface area contributed by atoms with Gasteiger partial charge in [-0.25, -0.2) is 0 Å². The molecule has 1 amide bonds. The first-order valence-corrected chi connectivity index (χ1v) is 7.32. The van der Waals surface area contributed by atoms with Crippen LogP contribution in [0.2, 0.25) is 0 Å². The maximum Gasteiger partial charge on any atom is 0.236 e. The molecule has 0 aromatic rings. The summed E-state index contributed by atoms with van der Waals surface area (Å²) < 4.78 is 0. The summed E-state index contributed by atoms with van der Waals surface area (Å²) in [6.07, 6.45) is 2.13. The predicted molar refractivity (Wildman–Crippen MR) is 74.9 cm³/mol. The Morgan fingerprint density at radius 3 is 2.53 bits per heavy atom. The minimum atomic E-state index is -0.0271. The molecule has 1 atom stereocenters. The Hall–Kier alpha value is -0.650. The van der Waals surface area contributed by atoms with E-state index in [0.717, 1.165) is 52.1 Å². The van der Waals surface area contributed by atoms with Gasteiger partial charge in [-0.15, -0.1) is 0 Å². The van der Waals surface area contributed by atoms with Gasteiger partial charge in [0.25, 0.3) is 0 Å². The number of nitrogens with zero attached hydrogens (tertiary/aromatic N) is 3. The summed E-state index contributed by atoms with van der Waals surface area (Å²) in [6.45, 7) is 8.30. The second-order valence-corrected chi connectivity index (χ2v) is 6.47. The van der Waals surface area contributed by atoms with Crippen LogP contribution in [-0.4, -0.2) is 85.2 Å². The van der Waals surface area contributed by atoms with E-state index in [0.29, 0.717) is 6.54 Å². The van der Waals surface area contributed by atoms with Crippen molar-refractivity contribution in [1.29, 1.82) is 0 Å². The molecule has 0 aromatic heterocycles. The summed E-state index contributed by atoms with van der Waals surface area (Å²) in [7, 11) is 2.10. The minimum Gasteiger partial charge on any atom is -0.396 e. The Morgan fingerprint density at radius 1 is 1.21 bits per heavy atom. The van der Waals surface area contributed by atoms with Gasteiger partial charge < -0.3 is 14.9 Å².